The van der Waals surface area contributed by atoms with Crippen molar-refractivity contribution < 1.29 is 9.18 Å². The van der Waals surface area contributed by atoms with Gasteiger partial charge in [-0.3, -0.25) is 4.79 Å². The van der Waals surface area contributed by atoms with Gasteiger partial charge in [-0.15, -0.1) is 0 Å². The summed E-state index contributed by atoms with van der Waals surface area (Å²) in [4.78, 5) is 16.4. The number of hydrogen-bond acceptors (Lipinski definition) is 3. The molecule has 0 radical (unpaired) electrons. The predicted molar refractivity (Wildman–Crippen MR) is 90.4 cm³/mol. The smallest absolute Gasteiger partial charge is 0.256 e. The first-order valence-electron chi connectivity index (χ1n) is 7.40. The molecule has 6 heteroatoms. The molecule has 0 atom stereocenters. The Balaban J connectivity index is 1.69. The number of rotatable bonds is 2. The molecule has 2 aromatic rings. The lowest BCUT2D eigenvalue weighted by Crippen LogP contribution is -2.49. The van der Waals surface area contributed by atoms with Crippen LogP contribution in [0.4, 0.5) is 15.8 Å². The number of hydrogen-bond donors (Lipinski definition) is 1. The van der Waals surface area contributed by atoms with Gasteiger partial charge in [0.15, 0.2) is 0 Å². The van der Waals surface area contributed by atoms with Crippen LogP contribution in [0, 0.1) is 5.82 Å². The molecule has 1 amide bonds. The van der Waals surface area contributed by atoms with E-state index < -0.39 is 5.82 Å². The van der Waals surface area contributed by atoms with Crippen molar-refractivity contribution in [2.24, 2.45) is 0 Å². The molecule has 0 saturated carbocycles. The van der Waals surface area contributed by atoms with Crippen molar-refractivity contribution in [1.82, 2.24) is 4.90 Å². The molecule has 1 aliphatic heterocycles. The van der Waals surface area contributed by atoms with Gasteiger partial charge in [0.2, 0.25) is 0 Å². The molecule has 0 unspecified atom stereocenters. The van der Waals surface area contributed by atoms with E-state index in [2.05, 4.69) is 4.90 Å². The van der Waals surface area contributed by atoms with E-state index in [1.54, 1.807) is 11.0 Å². The molecule has 1 aliphatic rings. The zero-order chi connectivity index (χ0) is 16.4. The molecule has 0 bridgehead atoms. The Kier molecular flexibility index (Phi) is 4.39. The van der Waals surface area contributed by atoms with Gasteiger partial charge in [-0.1, -0.05) is 23.7 Å². The highest BCUT2D eigenvalue weighted by Gasteiger charge is 2.24. The Labute approximate surface area is 139 Å². The van der Waals surface area contributed by atoms with Crippen LogP contribution in [0.25, 0.3) is 0 Å². The van der Waals surface area contributed by atoms with E-state index in [9.17, 15) is 9.18 Å². The van der Waals surface area contributed by atoms with Gasteiger partial charge < -0.3 is 15.5 Å². The minimum absolute atomic E-state index is 0.0882. The second kappa shape index (κ2) is 6.46. The van der Waals surface area contributed by atoms with E-state index in [1.807, 2.05) is 24.3 Å². The fourth-order valence-electron chi connectivity index (χ4n) is 2.73. The lowest BCUT2D eigenvalue weighted by Gasteiger charge is -2.36. The molecule has 1 fully saturated rings. The topological polar surface area (TPSA) is 49.6 Å². The average molecular weight is 334 g/mol. The maximum Gasteiger partial charge on any atom is 0.256 e. The molecule has 1 saturated heterocycles. The molecule has 1 heterocycles. The third kappa shape index (κ3) is 3.24. The number of nitrogen functional groups attached to an aromatic ring is 1. The molecule has 120 valence electrons. The lowest BCUT2D eigenvalue weighted by molar-refractivity contribution is 0.0747. The number of anilines is 2. The van der Waals surface area contributed by atoms with Crippen LogP contribution in [0.15, 0.2) is 42.5 Å². The lowest BCUT2D eigenvalue weighted by atomic mass is 10.1. The van der Waals surface area contributed by atoms with E-state index in [0.29, 0.717) is 31.2 Å². The minimum atomic E-state index is -0.562. The van der Waals surface area contributed by atoms with Crippen LogP contribution in [0.1, 0.15) is 10.4 Å². The van der Waals surface area contributed by atoms with Gasteiger partial charge in [-0.05, 0) is 30.3 Å². The van der Waals surface area contributed by atoms with E-state index in [4.69, 9.17) is 17.3 Å². The number of para-hydroxylation sites is 1. The first kappa shape index (κ1) is 15.6. The van der Waals surface area contributed by atoms with Gasteiger partial charge in [0, 0.05) is 36.9 Å². The zero-order valence-corrected chi connectivity index (χ0v) is 13.3. The number of piperazine rings is 1. The molecule has 3 rings (SSSR count). The summed E-state index contributed by atoms with van der Waals surface area (Å²) in [5.41, 5.74) is 6.85. The number of carbonyl (C=O) groups excluding carboxylic acids is 1. The first-order chi connectivity index (χ1) is 11.1. The monoisotopic (exact) mass is 333 g/mol. The van der Waals surface area contributed by atoms with E-state index in [0.717, 1.165) is 5.69 Å². The summed E-state index contributed by atoms with van der Waals surface area (Å²) >= 11 is 6.01. The van der Waals surface area contributed by atoms with Gasteiger partial charge >= 0.3 is 0 Å². The van der Waals surface area contributed by atoms with E-state index in [-0.39, 0.29) is 17.2 Å². The Morgan fingerprint density at radius 2 is 1.78 bits per heavy atom. The van der Waals surface area contributed by atoms with Crippen LogP contribution in [0.3, 0.4) is 0 Å². The second-order valence-electron chi connectivity index (χ2n) is 5.46. The zero-order valence-electron chi connectivity index (χ0n) is 12.5. The van der Waals surface area contributed by atoms with Gasteiger partial charge in [0.25, 0.3) is 5.91 Å². The number of carbonyl (C=O) groups is 1. The van der Waals surface area contributed by atoms with Crippen molar-refractivity contribution in [3.63, 3.8) is 0 Å². The van der Waals surface area contributed by atoms with Crippen LogP contribution in [-0.4, -0.2) is 37.0 Å². The number of nitrogens with two attached hydrogens (primary N) is 1. The quantitative estimate of drug-likeness (QED) is 0.859. The largest absolute Gasteiger partial charge is 0.396 e. The van der Waals surface area contributed by atoms with Gasteiger partial charge in [0.05, 0.1) is 11.3 Å². The molecule has 0 aromatic heterocycles. The maximum atomic E-state index is 13.5. The number of nitrogens with zero attached hydrogens (tertiary/aromatic N) is 2. The highest BCUT2D eigenvalue weighted by atomic mass is 35.5. The van der Waals surface area contributed by atoms with Crippen molar-refractivity contribution in [3.05, 3.63) is 58.9 Å². The summed E-state index contributed by atoms with van der Waals surface area (Å²) in [6.07, 6.45) is 0. The highest BCUT2D eigenvalue weighted by molar-refractivity contribution is 6.30. The normalized spacial score (nSPS) is 14.9. The number of benzene rings is 2. The highest BCUT2D eigenvalue weighted by Crippen LogP contribution is 2.22. The summed E-state index contributed by atoms with van der Waals surface area (Å²) in [6, 6.07) is 12.0. The van der Waals surface area contributed by atoms with Gasteiger partial charge in [-0.2, -0.15) is 0 Å². The van der Waals surface area contributed by atoms with Crippen LogP contribution < -0.4 is 10.6 Å². The molecule has 2 aromatic carbocycles. The Bertz CT molecular complexity index is 730. The third-order valence-electron chi connectivity index (χ3n) is 4.02. The number of amides is 1. The molecule has 4 nitrogen and oxygen atoms in total. The molecule has 0 aliphatic carbocycles. The summed E-state index contributed by atoms with van der Waals surface area (Å²) in [7, 11) is 0. The van der Waals surface area contributed by atoms with Gasteiger partial charge in [0.1, 0.15) is 5.82 Å². The van der Waals surface area contributed by atoms with Crippen LogP contribution in [-0.2, 0) is 0 Å². The predicted octanol–water partition coefficient (Wildman–Crippen LogP) is 3.02. The summed E-state index contributed by atoms with van der Waals surface area (Å²) in [5.74, 6) is -0.791. The van der Waals surface area contributed by atoms with Crippen molar-refractivity contribution in [2.45, 2.75) is 0 Å². The maximum absolute atomic E-state index is 13.5. The van der Waals surface area contributed by atoms with Crippen molar-refractivity contribution in [3.8, 4) is 0 Å². The Morgan fingerprint density at radius 3 is 2.48 bits per heavy atom. The molecular formula is C17H17ClFN3O. The molecule has 2 N–H and O–H groups in total. The van der Waals surface area contributed by atoms with Crippen LogP contribution >= 0.6 is 11.6 Å². The Morgan fingerprint density at radius 1 is 1.09 bits per heavy atom. The van der Waals surface area contributed by atoms with Crippen molar-refractivity contribution in [1.29, 1.82) is 0 Å². The summed E-state index contributed by atoms with van der Waals surface area (Å²) in [5, 5.41) is 0.688. The van der Waals surface area contributed by atoms with Crippen molar-refractivity contribution >= 4 is 28.9 Å². The summed E-state index contributed by atoms with van der Waals surface area (Å²) < 4.78 is 13.5. The van der Waals surface area contributed by atoms with Gasteiger partial charge in [-0.25, -0.2) is 4.39 Å². The molecular weight excluding hydrogens is 317 g/mol. The Hall–Kier alpha value is -2.27. The van der Waals surface area contributed by atoms with Crippen LogP contribution in [0.2, 0.25) is 5.02 Å². The average Bonchev–Trinajstić information content (AvgIpc) is 2.57. The number of halogens is 2. The molecule has 23 heavy (non-hydrogen) atoms. The standard InChI is InChI=1S/C17H17ClFN3O/c18-12-3-1-4-13(11-12)21-7-9-22(10-8-21)17(23)14-5-2-6-15(19)16(14)20/h1-6,11H,7-10,20H2. The molecule has 0 spiro atoms. The van der Waals surface area contributed by atoms with Crippen LogP contribution in [0.5, 0.6) is 0 Å². The fraction of sp³-hybridized carbons (Fsp3) is 0.235. The van der Waals surface area contributed by atoms with E-state index in [1.165, 1.54) is 12.1 Å². The van der Waals surface area contributed by atoms with E-state index >= 15 is 0 Å². The second-order valence-corrected chi connectivity index (χ2v) is 5.90. The fourth-order valence-corrected chi connectivity index (χ4v) is 2.92. The minimum Gasteiger partial charge on any atom is -0.396 e. The summed E-state index contributed by atoms with van der Waals surface area (Å²) in [6.45, 7) is 2.51. The first-order valence-corrected chi connectivity index (χ1v) is 7.78. The SMILES string of the molecule is Nc1c(F)cccc1C(=O)N1CCN(c2cccc(Cl)c2)CC1. The third-order valence-corrected chi connectivity index (χ3v) is 4.26. The van der Waals surface area contributed by atoms with Crippen molar-refractivity contribution in [2.75, 3.05) is 36.8 Å².